The number of halogens is 3. The normalized spacial score (nSPS) is 10.4. The molecule has 0 aliphatic rings. The zero-order valence-electron chi connectivity index (χ0n) is 11.0. The van der Waals surface area contributed by atoms with Crippen molar-refractivity contribution in [1.82, 2.24) is 0 Å². The van der Waals surface area contributed by atoms with Crippen LogP contribution in [0.15, 0.2) is 36.4 Å². The summed E-state index contributed by atoms with van der Waals surface area (Å²) in [5.41, 5.74) is 2.91. The summed E-state index contributed by atoms with van der Waals surface area (Å²) in [7, 11) is 0. The molecular formula is C15H15Cl3N2. The van der Waals surface area contributed by atoms with Crippen LogP contribution in [0.2, 0.25) is 15.1 Å². The Balaban J connectivity index is 1.84. The van der Waals surface area contributed by atoms with Gasteiger partial charge in [-0.15, -0.1) is 0 Å². The molecule has 2 aromatic rings. The molecule has 0 amide bonds. The molecule has 20 heavy (non-hydrogen) atoms. The van der Waals surface area contributed by atoms with Crippen LogP contribution in [0.3, 0.4) is 0 Å². The van der Waals surface area contributed by atoms with Gasteiger partial charge >= 0.3 is 0 Å². The van der Waals surface area contributed by atoms with E-state index in [1.54, 1.807) is 12.1 Å². The third kappa shape index (κ3) is 4.20. The zero-order valence-corrected chi connectivity index (χ0v) is 13.3. The maximum atomic E-state index is 6.07. The first kappa shape index (κ1) is 15.3. The second-order valence-electron chi connectivity index (χ2n) is 4.44. The Labute approximate surface area is 134 Å². The molecule has 0 spiro atoms. The average molecular weight is 330 g/mol. The van der Waals surface area contributed by atoms with Crippen LogP contribution in [-0.2, 0) is 0 Å². The first-order valence-corrected chi connectivity index (χ1v) is 7.38. The van der Waals surface area contributed by atoms with Gasteiger partial charge in [-0.3, -0.25) is 0 Å². The van der Waals surface area contributed by atoms with Crippen molar-refractivity contribution < 1.29 is 0 Å². The summed E-state index contributed by atoms with van der Waals surface area (Å²) in [4.78, 5) is 0. The lowest BCUT2D eigenvalue weighted by Crippen LogP contribution is -2.13. The first-order valence-electron chi connectivity index (χ1n) is 6.25. The summed E-state index contributed by atoms with van der Waals surface area (Å²) in [6, 6.07) is 11.3. The van der Waals surface area contributed by atoms with E-state index < -0.39 is 0 Å². The monoisotopic (exact) mass is 328 g/mol. The van der Waals surface area contributed by atoms with E-state index in [0.717, 1.165) is 35.1 Å². The zero-order chi connectivity index (χ0) is 14.5. The highest BCUT2D eigenvalue weighted by atomic mass is 35.5. The van der Waals surface area contributed by atoms with E-state index in [0.29, 0.717) is 10.0 Å². The first-order chi connectivity index (χ1) is 9.56. The molecule has 0 aromatic heterocycles. The van der Waals surface area contributed by atoms with Crippen molar-refractivity contribution in [2.75, 3.05) is 23.7 Å². The molecule has 0 fully saturated rings. The third-order valence-electron chi connectivity index (χ3n) is 2.87. The van der Waals surface area contributed by atoms with E-state index in [1.807, 2.05) is 31.2 Å². The standard InChI is InChI=1S/C15H15Cl3N2/c1-10-2-4-12(9-14(10)18)19-6-7-20-15-8-11(16)3-5-13(15)17/h2-5,8-9,19-20H,6-7H2,1H3. The number of anilines is 2. The molecule has 0 aliphatic carbocycles. The third-order valence-corrected chi connectivity index (χ3v) is 3.84. The molecule has 0 unspecified atom stereocenters. The Morgan fingerprint density at radius 3 is 2.35 bits per heavy atom. The van der Waals surface area contributed by atoms with Crippen molar-refractivity contribution in [3.63, 3.8) is 0 Å². The van der Waals surface area contributed by atoms with Crippen molar-refractivity contribution in [2.45, 2.75) is 6.92 Å². The highest BCUT2D eigenvalue weighted by molar-refractivity contribution is 6.35. The van der Waals surface area contributed by atoms with E-state index in [-0.39, 0.29) is 0 Å². The van der Waals surface area contributed by atoms with Crippen LogP contribution in [0, 0.1) is 6.92 Å². The number of rotatable bonds is 5. The van der Waals surface area contributed by atoms with Crippen molar-refractivity contribution in [1.29, 1.82) is 0 Å². The van der Waals surface area contributed by atoms with Crippen molar-refractivity contribution >= 4 is 46.2 Å². The predicted octanol–water partition coefficient (Wildman–Crippen LogP) is 5.48. The molecule has 2 N–H and O–H groups in total. The molecular weight excluding hydrogens is 315 g/mol. The van der Waals surface area contributed by atoms with Crippen LogP contribution in [0.4, 0.5) is 11.4 Å². The van der Waals surface area contributed by atoms with E-state index in [1.165, 1.54) is 0 Å². The Morgan fingerprint density at radius 1 is 0.850 bits per heavy atom. The summed E-state index contributed by atoms with van der Waals surface area (Å²) in [6.07, 6.45) is 0. The SMILES string of the molecule is Cc1ccc(NCCNc2cc(Cl)ccc2Cl)cc1Cl. The number of nitrogens with one attached hydrogen (secondary N) is 2. The minimum absolute atomic E-state index is 0.660. The van der Waals surface area contributed by atoms with Gasteiger partial charge in [-0.2, -0.15) is 0 Å². The van der Waals surface area contributed by atoms with Crippen molar-refractivity contribution in [3.8, 4) is 0 Å². The van der Waals surface area contributed by atoms with Crippen LogP contribution in [0.25, 0.3) is 0 Å². The lowest BCUT2D eigenvalue weighted by molar-refractivity contribution is 1.08. The molecule has 0 bridgehead atoms. The van der Waals surface area contributed by atoms with Crippen LogP contribution in [-0.4, -0.2) is 13.1 Å². The molecule has 2 rings (SSSR count). The molecule has 0 saturated heterocycles. The van der Waals surface area contributed by atoms with Gasteiger partial charge in [0.1, 0.15) is 0 Å². The molecule has 0 atom stereocenters. The topological polar surface area (TPSA) is 24.1 Å². The average Bonchev–Trinajstić information content (AvgIpc) is 2.42. The molecule has 0 radical (unpaired) electrons. The van der Waals surface area contributed by atoms with E-state index >= 15 is 0 Å². The number of aryl methyl sites for hydroxylation is 1. The van der Waals surface area contributed by atoms with Crippen LogP contribution in [0.5, 0.6) is 0 Å². The molecule has 5 heteroatoms. The Morgan fingerprint density at radius 2 is 1.60 bits per heavy atom. The number of hydrogen-bond acceptors (Lipinski definition) is 2. The maximum absolute atomic E-state index is 6.07. The van der Waals surface area contributed by atoms with Crippen molar-refractivity contribution in [2.24, 2.45) is 0 Å². The Bertz CT molecular complexity index is 600. The fraction of sp³-hybridized carbons (Fsp3) is 0.200. The predicted molar refractivity (Wildman–Crippen MR) is 89.6 cm³/mol. The van der Waals surface area contributed by atoms with E-state index in [9.17, 15) is 0 Å². The van der Waals surface area contributed by atoms with E-state index in [4.69, 9.17) is 34.8 Å². The van der Waals surface area contributed by atoms with Gasteiger partial charge in [-0.25, -0.2) is 0 Å². The highest BCUT2D eigenvalue weighted by Crippen LogP contribution is 2.25. The maximum Gasteiger partial charge on any atom is 0.0638 e. The van der Waals surface area contributed by atoms with Crippen LogP contribution >= 0.6 is 34.8 Å². The number of hydrogen-bond donors (Lipinski definition) is 2. The molecule has 2 nitrogen and oxygen atoms in total. The van der Waals surface area contributed by atoms with Gasteiger partial charge in [0.15, 0.2) is 0 Å². The molecule has 0 aliphatic heterocycles. The molecule has 0 heterocycles. The van der Waals surface area contributed by atoms with Gasteiger partial charge in [-0.1, -0.05) is 40.9 Å². The van der Waals surface area contributed by atoms with Gasteiger partial charge in [0.2, 0.25) is 0 Å². The largest absolute Gasteiger partial charge is 0.383 e. The van der Waals surface area contributed by atoms with Gasteiger partial charge in [0.05, 0.1) is 10.7 Å². The fourth-order valence-electron chi connectivity index (χ4n) is 1.74. The second kappa shape index (κ2) is 7.07. The lowest BCUT2D eigenvalue weighted by Gasteiger charge is -2.11. The summed E-state index contributed by atoms with van der Waals surface area (Å²) in [5, 5.41) is 8.62. The highest BCUT2D eigenvalue weighted by Gasteiger charge is 2.01. The van der Waals surface area contributed by atoms with Crippen LogP contribution < -0.4 is 10.6 Å². The summed E-state index contributed by atoms with van der Waals surface area (Å²) >= 11 is 18.1. The summed E-state index contributed by atoms with van der Waals surface area (Å²) < 4.78 is 0. The van der Waals surface area contributed by atoms with Crippen LogP contribution in [0.1, 0.15) is 5.56 Å². The summed E-state index contributed by atoms with van der Waals surface area (Å²) in [6.45, 7) is 3.46. The second-order valence-corrected chi connectivity index (χ2v) is 5.69. The minimum atomic E-state index is 0.660. The summed E-state index contributed by atoms with van der Waals surface area (Å²) in [5.74, 6) is 0. The molecule has 2 aromatic carbocycles. The fourth-order valence-corrected chi connectivity index (χ4v) is 2.28. The lowest BCUT2D eigenvalue weighted by atomic mass is 10.2. The molecule has 0 saturated carbocycles. The van der Waals surface area contributed by atoms with Gasteiger partial charge in [-0.05, 0) is 42.8 Å². The van der Waals surface area contributed by atoms with Gasteiger partial charge < -0.3 is 10.6 Å². The number of benzene rings is 2. The van der Waals surface area contributed by atoms with Gasteiger partial charge in [0.25, 0.3) is 0 Å². The van der Waals surface area contributed by atoms with Crippen molar-refractivity contribution in [3.05, 3.63) is 57.0 Å². The Kier molecular flexibility index (Phi) is 5.41. The smallest absolute Gasteiger partial charge is 0.0638 e. The minimum Gasteiger partial charge on any atom is -0.383 e. The van der Waals surface area contributed by atoms with Gasteiger partial charge in [0, 0.05) is 28.8 Å². The quantitative estimate of drug-likeness (QED) is 0.710. The van der Waals surface area contributed by atoms with E-state index in [2.05, 4.69) is 10.6 Å². The molecule has 106 valence electrons. The Hall–Kier alpha value is -1.09.